The first kappa shape index (κ1) is 17.8. The molecule has 1 heterocycles. The molecule has 1 aromatic carbocycles. The van der Waals surface area contributed by atoms with E-state index in [-0.39, 0.29) is 18.3 Å². The Balaban J connectivity index is 0.00000220. The third-order valence-corrected chi connectivity index (χ3v) is 3.73. The van der Waals surface area contributed by atoms with Gasteiger partial charge < -0.3 is 15.4 Å². The van der Waals surface area contributed by atoms with Crippen LogP contribution in [0.2, 0.25) is 0 Å². The first-order valence-electron chi connectivity index (χ1n) is 7.41. The van der Waals surface area contributed by atoms with Crippen molar-refractivity contribution in [3.8, 4) is 5.75 Å². The number of piperidine rings is 1. The summed E-state index contributed by atoms with van der Waals surface area (Å²) in [6, 6.07) is 8.04. The zero-order valence-corrected chi connectivity index (χ0v) is 13.5. The summed E-state index contributed by atoms with van der Waals surface area (Å²) in [5, 5.41) is 6.49. The Bertz CT molecular complexity index is 436. The molecule has 0 radical (unpaired) electrons. The molecule has 1 saturated heterocycles. The lowest BCUT2D eigenvalue weighted by atomic mass is 9.95. The molecule has 2 atom stereocenters. The molecule has 1 fully saturated rings. The van der Waals surface area contributed by atoms with Crippen molar-refractivity contribution in [1.82, 2.24) is 10.6 Å². The highest BCUT2D eigenvalue weighted by Gasteiger charge is 2.22. The predicted molar refractivity (Wildman–Crippen MR) is 87.1 cm³/mol. The minimum absolute atomic E-state index is 0. The summed E-state index contributed by atoms with van der Waals surface area (Å²) in [6.07, 6.45) is 1.44. The van der Waals surface area contributed by atoms with Crippen LogP contribution in [-0.2, 0) is 11.2 Å². The molecule has 2 N–H and O–H groups in total. The van der Waals surface area contributed by atoms with Crippen molar-refractivity contribution in [3.05, 3.63) is 29.8 Å². The lowest BCUT2D eigenvalue weighted by Gasteiger charge is -2.30. The summed E-state index contributed by atoms with van der Waals surface area (Å²) < 4.78 is 5.39. The summed E-state index contributed by atoms with van der Waals surface area (Å²) in [6.45, 7) is 6.76. The van der Waals surface area contributed by atoms with Gasteiger partial charge in [-0.1, -0.05) is 19.1 Å². The molecular formula is C16H25ClN2O2. The van der Waals surface area contributed by atoms with E-state index >= 15 is 0 Å². The fourth-order valence-electron chi connectivity index (χ4n) is 2.54. The molecule has 0 aliphatic carbocycles. The Morgan fingerprint density at radius 3 is 2.71 bits per heavy atom. The number of carbonyl (C=O) groups is 1. The minimum Gasteiger partial charge on any atom is -0.494 e. The van der Waals surface area contributed by atoms with E-state index in [0.717, 1.165) is 30.8 Å². The number of amides is 1. The second kappa shape index (κ2) is 8.90. The van der Waals surface area contributed by atoms with Crippen LogP contribution in [-0.4, -0.2) is 31.6 Å². The SMILES string of the molecule is CCOc1ccc(CC(=O)NC2CCNCC2C)cc1.Cl. The van der Waals surface area contributed by atoms with Crippen molar-refractivity contribution in [1.29, 1.82) is 0 Å². The molecule has 1 aliphatic rings. The second-order valence-electron chi connectivity index (χ2n) is 5.40. The summed E-state index contributed by atoms with van der Waals surface area (Å²) >= 11 is 0. The third-order valence-electron chi connectivity index (χ3n) is 3.73. The summed E-state index contributed by atoms with van der Waals surface area (Å²) in [5.74, 6) is 1.45. The molecule has 1 aliphatic heterocycles. The van der Waals surface area contributed by atoms with Gasteiger partial charge in [-0.15, -0.1) is 12.4 Å². The summed E-state index contributed by atoms with van der Waals surface area (Å²) in [4.78, 5) is 12.1. The smallest absolute Gasteiger partial charge is 0.224 e. The Kier molecular flexibility index (Phi) is 7.54. The molecule has 0 aromatic heterocycles. The molecular weight excluding hydrogens is 288 g/mol. The molecule has 0 spiro atoms. The van der Waals surface area contributed by atoms with Crippen LogP contribution < -0.4 is 15.4 Å². The molecule has 118 valence electrons. The maximum atomic E-state index is 12.1. The van der Waals surface area contributed by atoms with Gasteiger partial charge in [-0.05, 0) is 50.0 Å². The van der Waals surface area contributed by atoms with E-state index in [1.807, 2.05) is 31.2 Å². The highest BCUT2D eigenvalue weighted by atomic mass is 35.5. The van der Waals surface area contributed by atoms with E-state index in [9.17, 15) is 4.79 Å². The largest absolute Gasteiger partial charge is 0.494 e. The van der Waals surface area contributed by atoms with Gasteiger partial charge in [0.15, 0.2) is 0 Å². The van der Waals surface area contributed by atoms with Crippen molar-refractivity contribution < 1.29 is 9.53 Å². The third kappa shape index (κ3) is 5.56. The van der Waals surface area contributed by atoms with Gasteiger partial charge in [-0.2, -0.15) is 0 Å². The quantitative estimate of drug-likeness (QED) is 0.876. The Morgan fingerprint density at radius 2 is 2.10 bits per heavy atom. The minimum atomic E-state index is 0. The van der Waals surface area contributed by atoms with E-state index in [4.69, 9.17) is 4.74 Å². The van der Waals surface area contributed by atoms with Crippen LogP contribution in [0.5, 0.6) is 5.75 Å². The van der Waals surface area contributed by atoms with E-state index in [0.29, 0.717) is 25.0 Å². The number of nitrogens with one attached hydrogen (secondary N) is 2. The van der Waals surface area contributed by atoms with Crippen LogP contribution in [0.4, 0.5) is 0 Å². The molecule has 1 aromatic rings. The summed E-state index contributed by atoms with van der Waals surface area (Å²) in [5.41, 5.74) is 1.02. The molecule has 0 saturated carbocycles. The number of ether oxygens (including phenoxy) is 1. The Morgan fingerprint density at radius 1 is 1.38 bits per heavy atom. The fourth-order valence-corrected chi connectivity index (χ4v) is 2.54. The molecule has 4 nitrogen and oxygen atoms in total. The average Bonchev–Trinajstić information content (AvgIpc) is 2.44. The number of carbonyl (C=O) groups excluding carboxylic acids is 1. The van der Waals surface area contributed by atoms with Gasteiger partial charge in [0.25, 0.3) is 0 Å². The van der Waals surface area contributed by atoms with Crippen LogP contribution in [0, 0.1) is 5.92 Å². The second-order valence-corrected chi connectivity index (χ2v) is 5.40. The summed E-state index contributed by atoms with van der Waals surface area (Å²) in [7, 11) is 0. The molecule has 5 heteroatoms. The molecule has 21 heavy (non-hydrogen) atoms. The molecule has 2 rings (SSSR count). The highest BCUT2D eigenvalue weighted by molar-refractivity contribution is 5.85. The van der Waals surface area contributed by atoms with Crippen LogP contribution in [0.15, 0.2) is 24.3 Å². The number of rotatable bonds is 5. The van der Waals surface area contributed by atoms with E-state index < -0.39 is 0 Å². The zero-order valence-electron chi connectivity index (χ0n) is 12.7. The van der Waals surface area contributed by atoms with Crippen LogP contribution >= 0.6 is 12.4 Å². The first-order chi connectivity index (χ1) is 9.69. The maximum Gasteiger partial charge on any atom is 0.224 e. The van der Waals surface area contributed by atoms with Gasteiger partial charge in [-0.3, -0.25) is 4.79 Å². The standard InChI is InChI=1S/C16H24N2O2.ClH/c1-3-20-14-6-4-13(5-7-14)10-16(19)18-15-8-9-17-11-12(15)2;/h4-7,12,15,17H,3,8-11H2,1-2H3,(H,18,19);1H. The van der Waals surface area contributed by atoms with Crippen LogP contribution in [0.25, 0.3) is 0 Å². The van der Waals surface area contributed by atoms with E-state index in [1.165, 1.54) is 0 Å². The number of hydrogen-bond donors (Lipinski definition) is 2. The lowest BCUT2D eigenvalue weighted by molar-refractivity contribution is -0.121. The van der Waals surface area contributed by atoms with Crippen molar-refractivity contribution >= 4 is 18.3 Å². The van der Waals surface area contributed by atoms with Crippen LogP contribution in [0.1, 0.15) is 25.8 Å². The van der Waals surface area contributed by atoms with Crippen molar-refractivity contribution in [3.63, 3.8) is 0 Å². The number of halogens is 1. The van der Waals surface area contributed by atoms with Crippen molar-refractivity contribution in [2.24, 2.45) is 5.92 Å². The van der Waals surface area contributed by atoms with Crippen LogP contribution in [0.3, 0.4) is 0 Å². The topological polar surface area (TPSA) is 50.4 Å². The monoisotopic (exact) mass is 312 g/mol. The molecule has 0 bridgehead atoms. The lowest BCUT2D eigenvalue weighted by Crippen LogP contribution is -2.48. The number of hydrogen-bond acceptors (Lipinski definition) is 3. The van der Waals surface area contributed by atoms with Crippen molar-refractivity contribution in [2.75, 3.05) is 19.7 Å². The Hall–Kier alpha value is -1.26. The van der Waals surface area contributed by atoms with Gasteiger partial charge in [0, 0.05) is 6.04 Å². The van der Waals surface area contributed by atoms with Gasteiger partial charge in [-0.25, -0.2) is 0 Å². The first-order valence-corrected chi connectivity index (χ1v) is 7.41. The van der Waals surface area contributed by atoms with Gasteiger partial charge >= 0.3 is 0 Å². The number of benzene rings is 1. The van der Waals surface area contributed by atoms with E-state index in [2.05, 4.69) is 17.6 Å². The van der Waals surface area contributed by atoms with Gasteiger partial charge in [0.05, 0.1) is 13.0 Å². The normalized spacial score (nSPS) is 21.2. The predicted octanol–water partition coefficient (Wildman–Crippen LogP) is 2.16. The molecule has 2 unspecified atom stereocenters. The van der Waals surface area contributed by atoms with Crippen molar-refractivity contribution in [2.45, 2.75) is 32.7 Å². The molecule has 1 amide bonds. The highest BCUT2D eigenvalue weighted by Crippen LogP contribution is 2.14. The van der Waals surface area contributed by atoms with Gasteiger partial charge in [0.2, 0.25) is 5.91 Å². The zero-order chi connectivity index (χ0) is 14.4. The maximum absolute atomic E-state index is 12.1. The van der Waals surface area contributed by atoms with Gasteiger partial charge in [0.1, 0.15) is 5.75 Å². The average molecular weight is 313 g/mol. The van der Waals surface area contributed by atoms with E-state index in [1.54, 1.807) is 0 Å². The Labute approximate surface area is 133 Å². The fraction of sp³-hybridized carbons (Fsp3) is 0.562.